The predicted octanol–water partition coefficient (Wildman–Crippen LogP) is 4.01. The van der Waals surface area contributed by atoms with Gasteiger partial charge in [0.1, 0.15) is 5.75 Å². The number of halogens is 1. The summed E-state index contributed by atoms with van der Waals surface area (Å²) in [5.74, 6) is 0.310. The summed E-state index contributed by atoms with van der Waals surface area (Å²) in [5.41, 5.74) is 2.14. The van der Waals surface area contributed by atoms with Gasteiger partial charge in [-0.2, -0.15) is 0 Å². The molecule has 2 aromatic carbocycles. The third-order valence-corrected chi connectivity index (χ3v) is 3.61. The van der Waals surface area contributed by atoms with E-state index in [4.69, 9.17) is 0 Å². The highest BCUT2D eigenvalue weighted by Gasteiger charge is 2.07. The minimum absolute atomic E-state index is 0.254. The molecule has 0 aromatic heterocycles. The van der Waals surface area contributed by atoms with Crippen molar-refractivity contribution in [1.29, 1.82) is 0 Å². The first-order valence-corrected chi connectivity index (χ1v) is 6.72. The SMILES string of the molecule is C[C@H](NCc1cccc(Br)c1O)c1ccccc1. The Morgan fingerprint density at radius 3 is 2.56 bits per heavy atom. The van der Waals surface area contributed by atoms with Crippen LogP contribution in [0.3, 0.4) is 0 Å². The third-order valence-electron chi connectivity index (χ3n) is 2.97. The largest absolute Gasteiger partial charge is 0.506 e. The van der Waals surface area contributed by atoms with E-state index in [0.717, 1.165) is 10.0 Å². The van der Waals surface area contributed by atoms with E-state index >= 15 is 0 Å². The van der Waals surface area contributed by atoms with E-state index in [1.165, 1.54) is 5.56 Å². The maximum atomic E-state index is 9.89. The molecule has 0 fully saturated rings. The second-order valence-electron chi connectivity index (χ2n) is 4.26. The highest BCUT2D eigenvalue weighted by Crippen LogP contribution is 2.27. The summed E-state index contributed by atoms with van der Waals surface area (Å²) in [4.78, 5) is 0. The van der Waals surface area contributed by atoms with Crippen molar-refractivity contribution in [1.82, 2.24) is 5.32 Å². The maximum Gasteiger partial charge on any atom is 0.134 e. The number of benzene rings is 2. The zero-order valence-electron chi connectivity index (χ0n) is 10.2. The van der Waals surface area contributed by atoms with Crippen LogP contribution >= 0.6 is 15.9 Å². The quantitative estimate of drug-likeness (QED) is 0.894. The molecule has 0 unspecified atom stereocenters. The van der Waals surface area contributed by atoms with Crippen LogP contribution in [0.5, 0.6) is 5.75 Å². The van der Waals surface area contributed by atoms with Gasteiger partial charge in [0.15, 0.2) is 0 Å². The Morgan fingerprint density at radius 2 is 1.83 bits per heavy atom. The van der Waals surface area contributed by atoms with Crippen molar-refractivity contribution in [3.63, 3.8) is 0 Å². The van der Waals surface area contributed by atoms with E-state index in [-0.39, 0.29) is 6.04 Å². The lowest BCUT2D eigenvalue weighted by Gasteiger charge is -2.15. The van der Waals surface area contributed by atoms with Crippen molar-refractivity contribution in [2.45, 2.75) is 19.5 Å². The molecule has 2 aromatic rings. The van der Waals surface area contributed by atoms with Crippen LogP contribution in [0, 0.1) is 0 Å². The van der Waals surface area contributed by atoms with Crippen LogP contribution in [0.1, 0.15) is 24.1 Å². The fourth-order valence-corrected chi connectivity index (χ4v) is 2.23. The molecule has 2 rings (SSSR count). The normalized spacial score (nSPS) is 12.3. The molecule has 0 aliphatic rings. The molecule has 2 N–H and O–H groups in total. The molecular weight excluding hydrogens is 290 g/mol. The number of para-hydroxylation sites is 1. The second kappa shape index (κ2) is 6.03. The van der Waals surface area contributed by atoms with Crippen LogP contribution in [0.2, 0.25) is 0 Å². The van der Waals surface area contributed by atoms with Gasteiger partial charge in [0.2, 0.25) is 0 Å². The standard InChI is InChI=1S/C15H16BrNO/c1-11(12-6-3-2-4-7-12)17-10-13-8-5-9-14(16)15(13)18/h2-9,11,17-18H,10H2,1H3/t11-/m0/s1. The lowest BCUT2D eigenvalue weighted by Crippen LogP contribution is -2.18. The molecule has 0 bridgehead atoms. The molecular formula is C15H16BrNO. The fourth-order valence-electron chi connectivity index (χ4n) is 1.83. The van der Waals surface area contributed by atoms with Gasteiger partial charge in [0, 0.05) is 18.2 Å². The number of phenolic OH excluding ortho intramolecular Hbond substituents is 1. The van der Waals surface area contributed by atoms with Crippen LogP contribution < -0.4 is 5.32 Å². The zero-order valence-corrected chi connectivity index (χ0v) is 11.8. The first-order chi connectivity index (χ1) is 8.68. The molecule has 0 amide bonds. The van der Waals surface area contributed by atoms with Gasteiger partial charge >= 0.3 is 0 Å². The fraction of sp³-hybridized carbons (Fsp3) is 0.200. The van der Waals surface area contributed by atoms with E-state index in [0.29, 0.717) is 12.3 Å². The molecule has 1 atom stereocenters. The molecule has 94 valence electrons. The molecule has 0 saturated heterocycles. The van der Waals surface area contributed by atoms with E-state index in [1.54, 1.807) is 0 Å². The zero-order chi connectivity index (χ0) is 13.0. The summed E-state index contributed by atoms with van der Waals surface area (Å²) in [7, 11) is 0. The van der Waals surface area contributed by atoms with Gasteiger partial charge in [-0.15, -0.1) is 0 Å². The molecule has 0 saturated carbocycles. The van der Waals surface area contributed by atoms with Gasteiger partial charge in [0.05, 0.1) is 4.47 Å². The Labute approximate surface area is 116 Å². The van der Waals surface area contributed by atoms with Crippen LogP contribution in [-0.2, 0) is 6.54 Å². The summed E-state index contributed by atoms with van der Waals surface area (Å²) < 4.78 is 0.731. The van der Waals surface area contributed by atoms with E-state index in [9.17, 15) is 5.11 Å². The average Bonchev–Trinajstić information content (AvgIpc) is 2.41. The average molecular weight is 306 g/mol. The van der Waals surface area contributed by atoms with Crippen LogP contribution in [0.15, 0.2) is 53.0 Å². The van der Waals surface area contributed by atoms with Gasteiger partial charge in [-0.05, 0) is 34.5 Å². The Balaban J connectivity index is 2.02. The van der Waals surface area contributed by atoms with Gasteiger partial charge in [-0.3, -0.25) is 0 Å². The Kier molecular flexibility index (Phi) is 4.39. The van der Waals surface area contributed by atoms with Crippen LogP contribution in [0.25, 0.3) is 0 Å². The Hall–Kier alpha value is -1.32. The van der Waals surface area contributed by atoms with E-state index in [1.807, 2.05) is 36.4 Å². The molecule has 0 spiro atoms. The molecule has 0 radical (unpaired) electrons. The summed E-state index contributed by atoms with van der Waals surface area (Å²) in [6.45, 7) is 2.76. The summed E-state index contributed by atoms with van der Waals surface area (Å²) in [6.07, 6.45) is 0. The molecule has 3 heteroatoms. The molecule has 0 aliphatic heterocycles. The topological polar surface area (TPSA) is 32.3 Å². The van der Waals surface area contributed by atoms with Gasteiger partial charge in [0.25, 0.3) is 0 Å². The lowest BCUT2D eigenvalue weighted by atomic mass is 10.1. The van der Waals surface area contributed by atoms with E-state index in [2.05, 4.69) is 40.3 Å². The van der Waals surface area contributed by atoms with Crippen molar-refractivity contribution < 1.29 is 5.11 Å². The van der Waals surface area contributed by atoms with E-state index < -0.39 is 0 Å². The number of rotatable bonds is 4. The minimum Gasteiger partial charge on any atom is -0.506 e. The minimum atomic E-state index is 0.254. The summed E-state index contributed by atoms with van der Waals surface area (Å²) in [6, 6.07) is 16.2. The van der Waals surface area contributed by atoms with Crippen molar-refractivity contribution >= 4 is 15.9 Å². The van der Waals surface area contributed by atoms with Crippen molar-refractivity contribution in [2.75, 3.05) is 0 Å². The predicted molar refractivity (Wildman–Crippen MR) is 77.5 cm³/mol. The lowest BCUT2D eigenvalue weighted by molar-refractivity contribution is 0.457. The summed E-state index contributed by atoms with van der Waals surface area (Å²) >= 11 is 3.32. The number of aromatic hydroxyl groups is 1. The smallest absolute Gasteiger partial charge is 0.134 e. The van der Waals surface area contributed by atoms with Gasteiger partial charge in [-0.25, -0.2) is 0 Å². The van der Waals surface area contributed by atoms with Crippen molar-refractivity contribution in [3.05, 3.63) is 64.1 Å². The third kappa shape index (κ3) is 3.12. The first kappa shape index (κ1) is 13.1. The van der Waals surface area contributed by atoms with Gasteiger partial charge < -0.3 is 10.4 Å². The number of hydrogen-bond acceptors (Lipinski definition) is 2. The monoisotopic (exact) mass is 305 g/mol. The number of phenols is 1. The molecule has 0 heterocycles. The Morgan fingerprint density at radius 1 is 1.11 bits per heavy atom. The molecule has 18 heavy (non-hydrogen) atoms. The van der Waals surface area contributed by atoms with Crippen LogP contribution in [0.4, 0.5) is 0 Å². The number of hydrogen-bond donors (Lipinski definition) is 2. The van der Waals surface area contributed by atoms with Crippen LogP contribution in [-0.4, -0.2) is 5.11 Å². The summed E-state index contributed by atoms with van der Waals surface area (Å²) in [5, 5.41) is 13.3. The second-order valence-corrected chi connectivity index (χ2v) is 5.12. The first-order valence-electron chi connectivity index (χ1n) is 5.93. The molecule has 2 nitrogen and oxygen atoms in total. The highest BCUT2D eigenvalue weighted by atomic mass is 79.9. The highest BCUT2D eigenvalue weighted by molar-refractivity contribution is 9.10. The van der Waals surface area contributed by atoms with Gasteiger partial charge in [-0.1, -0.05) is 42.5 Å². The number of nitrogens with one attached hydrogen (secondary N) is 1. The van der Waals surface area contributed by atoms with Crippen molar-refractivity contribution in [2.24, 2.45) is 0 Å². The Bertz CT molecular complexity index is 513. The maximum absolute atomic E-state index is 9.89. The van der Waals surface area contributed by atoms with Crippen molar-refractivity contribution in [3.8, 4) is 5.75 Å². The molecule has 0 aliphatic carbocycles.